The summed E-state index contributed by atoms with van der Waals surface area (Å²) in [5, 5.41) is 7.69. The maximum Gasteiger partial charge on any atom is 0 e. The third kappa shape index (κ3) is 34.6. The van der Waals surface area contributed by atoms with Gasteiger partial charge >= 0.3 is 0 Å². The molecule has 0 amide bonds. The first kappa shape index (κ1) is 15.7. The molecular weight excluding hydrogens is 175 g/mol. The van der Waals surface area contributed by atoms with Gasteiger partial charge in [-0.15, -0.1) is 6.08 Å². The molecule has 0 aliphatic heterocycles. The van der Waals surface area contributed by atoms with Crippen molar-refractivity contribution in [3.63, 3.8) is 0 Å². The van der Waals surface area contributed by atoms with E-state index in [0.29, 0.717) is 0 Å². The van der Waals surface area contributed by atoms with Crippen molar-refractivity contribution in [1.82, 2.24) is 0 Å². The van der Waals surface area contributed by atoms with Crippen LogP contribution < -0.4 is 0 Å². The van der Waals surface area contributed by atoms with Crippen LogP contribution in [0.4, 0.5) is 0 Å². The van der Waals surface area contributed by atoms with E-state index in [0.717, 1.165) is 0 Å². The maximum absolute atomic E-state index is 7.69. The van der Waals surface area contributed by atoms with Crippen LogP contribution in [0.15, 0.2) is 12.2 Å². The fourth-order valence-corrected chi connectivity index (χ4v) is 0.0527. The normalized spacial score (nSPS) is 5.62. The molecule has 0 fully saturated rings. The Kier molecular flexibility index (Phi) is 53.1. The summed E-state index contributed by atoms with van der Waals surface area (Å²) in [4.78, 5) is 0. The maximum atomic E-state index is 7.69. The minimum absolute atomic E-state index is 0. The largest absolute Gasteiger partial charge is 0.346 e. The molecule has 0 N–H and O–H groups in total. The van der Waals surface area contributed by atoms with Crippen molar-refractivity contribution < 1.29 is 32.7 Å². The molecule has 0 spiro atoms. The Hall–Kier alpha value is 0.204. The van der Waals surface area contributed by atoms with Crippen LogP contribution in [0.5, 0.6) is 0 Å². The molecule has 0 atom stereocenters. The molecule has 0 heterocycles. The van der Waals surface area contributed by atoms with E-state index in [4.69, 9.17) is 5.26 Å². The van der Waals surface area contributed by atoms with Crippen molar-refractivity contribution >= 4 is 0 Å². The molecular formula is C6H9NY-2. The van der Waals surface area contributed by atoms with Crippen LogP contribution in [-0.2, 0) is 32.7 Å². The van der Waals surface area contributed by atoms with E-state index in [2.05, 4.69) is 13.8 Å². The quantitative estimate of drug-likeness (QED) is 0.415. The van der Waals surface area contributed by atoms with Gasteiger partial charge in [0, 0.05) is 32.7 Å². The fraction of sp³-hybridized carbons (Fsp3) is 0.167. The predicted octanol–water partition coefficient (Wildman–Crippen LogP) is 1.74. The van der Waals surface area contributed by atoms with Crippen LogP contribution >= 0.6 is 0 Å². The summed E-state index contributed by atoms with van der Waals surface area (Å²) in [5.41, 5.74) is 0. The molecule has 0 aliphatic rings. The first-order valence-corrected chi connectivity index (χ1v) is 1.96. The van der Waals surface area contributed by atoms with Crippen LogP contribution in [0.25, 0.3) is 0 Å². The molecule has 0 bridgehead atoms. The number of hydrogen-bond donors (Lipinski definition) is 0. The Morgan fingerprint density at radius 2 is 1.88 bits per heavy atom. The van der Waals surface area contributed by atoms with Gasteiger partial charge < -0.3 is 6.92 Å². The molecule has 0 rings (SSSR count). The van der Waals surface area contributed by atoms with Gasteiger partial charge in [-0.05, 0) is 6.07 Å². The zero-order valence-corrected chi connectivity index (χ0v) is 7.93. The van der Waals surface area contributed by atoms with Gasteiger partial charge in [0.1, 0.15) is 0 Å². The third-order valence-corrected chi connectivity index (χ3v) is 0.192. The monoisotopic (exact) mass is 184 g/mol. The number of hydrogen-bond acceptors (Lipinski definition) is 1. The van der Waals surface area contributed by atoms with Crippen molar-refractivity contribution in [2.75, 3.05) is 0 Å². The second-order valence-corrected chi connectivity index (χ2v) is 0.531. The van der Waals surface area contributed by atoms with Gasteiger partial charge in [0.2, 0.25) is 0 Å². The average Bonchev–Trinajstić information content (AvgIpc) is 1.75. The fourth-order valence-electron chi connectivity index (χ4n) is 0.0527. The molecule has 0 saturated carbocycles. The van der Waals surface area contributed by atoms with Crippen LogP contribution in [0.3, 0.4) is 0 Å². The van der Waals surface area contributed by atoms with Gasteiger partial charge in [-0.3, -0.25) is 0 Å². The summed E-state index contributed by atoms with van der Waals surface area (Å²) in [6.07, 6.45) is 2.76. The Morgan fingerprint density at radius 1 is 1.50 bits per heavy atom. The molecule has 0 aliphatic carbocycles. The number of rotatable bonds is 0. The predicted molar refractivity (Wildman–Crippen MR) is 31.1 cm³/mol. The molecule has 2 heteroatoms. The number of nitriles is 1. The van der Waals surface area contributed by atoms with Gasteiger partial charge in [0.15, 0.2) is 0 Å². The second kappa shape index (κ2) is 27.0. The Morgan fingerprint density at radius 3 is 1.88 bits per heavy atom. The zero-order valence-electron chi connectivity index (χ0n) is 5.09. The average molecular weight is 184 g/mol. The molecule has 8 heavy (non-hydrogen) atoms. The third-order valence-electron chi connectivity index (χ3n) is 0.192. The van der Waals surface area contributed by atoms with E-state index in [1.807, 2.05) is 0 Å². The molecule has 0 saturated heterocycles. The minimum Gasteiger partial charge on any atom is -0.346 e. The first-order chi connectivity index (χ1) is 3.41. The second-order valence-electron chi connectivity index (χ2n) is 0.531. The summed E-state index contributed by atoms with van der Waals surface area (Å²) in [5.74, 6) is 0. The van der Waals surface area contributed by atoms with E-state index >= 15 is 0 Å². The first-order valence-electron chi connectivity index (χ1n) is 1.96. The Labute approximate surface area is 76.7 Å². The number of nitrogens with zero attached hydrogens (tertiary/aromatic N) is 1. The van der Waals surface area contributed by atoms with Gasteiger partial charge in [-0.25, -0.2) is 18.3 Å². The van der Waals surface area contributed by atoms with E-state index in [9.17, 15) is 0 Å². The van der Waals surface area contributed by atoms with Crippen LogP contribution in [0.2, 0.25) is 0 Å². The molecule has 1 radical (unpaired) electrons. The Bertz CT molecular complexity index is 71.1. The van der Waals surface area contributed by atoms with Crippen molar-refractivity contribution in [2.24, 2.45) is 0 Å². The molecule has 1 nitrogen and oxygen atoms in total. The van der Waals surface area contributed by atoms with E-state index in [-0.39, 0.29) is 32.7 Å². The van der Waals surface area contributed by atoms with Crippen LogP contribution in [0.1, 0.15) is 6.92 Å². The van der Waals surface area contributed by atoms with Crippen LogP contribution in [-0.4, -0.2) is 0 Å². The number of allylic oxidation sites excluding steroid dienone is 2. The molecule has 0 aromatic rings. The molecule has 0 aromatic carbocycles. The summed E-state index contributed by atoms with van der Waals surface area (Å²) >= 11 is 0. The molecule has 0 aromatic heterocycles. The smallest absolute Gasteiger partial charge is 0 e. The van der Waals surface area contributed by atoms with E-state index < -0.39 is 0 Å². The molecule has 43 valence electrons. The summed E-state index contributed by atoms with van der Waals surface area (Å²) < 4.78 is 0. The van der Waals surface area contributed by atoms with Crippen LogP contribution in [0, 0.1) is 25.2 Å². The standard InChI is InChI=1S/C4H4N.C2H5.Y/c1-2-3-4-5;1-2;/h2-3H,1H2;1H2,2H3;/q2*-1;. The minimum atomic E-state index is 0. The summed E-state index contributed by atoms with van der Waals surface area (Å²) in [7, 11) is 0. The summed E-state index contributed by atoms with van der Waals surface area (Å²) in [6, 6.07) is 1.77. The van der Waals surface area contributed by atoms with Gasteiger partial charge in [0.25, 0.3) is 0 Å². The van der Waals surface area contributed by atoms with E-state index in [1.165, 1.54) is 12.2 Å². The van der Waals surface area contributed by atoms with Crippen molar-refractivity contribution in [3.05, 3.63) is 26.0 Å². The van der Waals surface area contributed by atoms with Crippen molar-refractivity contribution in [3.8, 4) is 6.07 Å². The van der Waals surface area contributed by atoms with E-state index in [1.54, 1.807) is 13.0 Å². The van der Waals surface area contributed by atoms with Gasteiger partial charge in [0.05, 0.1) is 0 Å². The van der Waals surface area contributed by atoms with Crippen molar-refractivity contribution in [1.29, 1.82) is 5.26 Å². The zero-order chi connectivity index (χ0) is 6.12. The van der Waals surface area contributed by atoms with Gasteiger partial charge in [-0.2, -0.15) is 6.92 Å². The summed E-state index contributed by atoms with van der Waals surface area (Å²) in [6.45, 7) is 8.27. The molecule has 0 unspecified atom stereocenters. The SMILES string of the molecule is [CH2-]C.[CH2-]C=CC#N.[Y]. The topological polar surface area (TPSA) is 23.8 Å². The van der Waals surface area contributed by atoms with Crippen molar-refractivity contribution in [2.45, 2.75) is 6.92 Å². The van der Waals surface area contributed by atoms with Gasteiger partial charge in [-0.1, -0.05) is 0 Å². The Balaban J connectivity index is -0.0000000750.